The van der Waals surface area contributed by atoms with E-state index in [9.17, 15) is 4.79 Å². The largest absolute Gasteiger partial charge is 0.478 e. The molecule has 0 saturated carbocycles. The van der Waals surface area contributed by atoms with Gasteiger partial charge < -0.3 is 14.7 Å². The van der Waals surface area contributed by atoms with Gasteiger partial charge in [0.15, 0.2) is 0 Å². The molecule has 1 N–H and O–H groups in total. The van der Waals surface area contributed by atoms with Crippen molar-refractivity contribution in [2.45, 2.75) is 24.9 Å². The Kier molecular flexibility index (Phi) is 3.65. The van der Waals surface area contributed by atoms with Crippen molar-refractivity contribution in [3.8, 4) is 11.4 Å². The fourth-order valence-electron chi connectivity index (χ4n) is 3.25. The number of aromatic carboxylic acids is 1. The number of hydrogen-bond donors (Lipinski definition) is 1. The summed E-state index contributed by atoms with van der Waals surface area (Å²) in [6, 6.07) is 4.75. The van der Waals surface area contributed by atoms with Crippen LogP contribution in [0, 0.1) is 0 Å². The minimum absolute atomic E-state index is 0.0888. The lowest BCUT2D eigenvalue weighted by molar-refractivity contribution is -0.158. The second-order valence-electron chi connectivity index (χ2n) is 6.25. The maximum Gasteiger partial charge on any atom is 0.335 e. The van der Waals surface area contributed by atoms with Crippen LogP contribution in [0.15, 0.2) is 30.6 Å². The van der Waals surface area contributed by atoms with Crippen LogP contribution in [0.5, 0.6) is 0 Å². The maximum atomic E-state index is 11.1. The highest BCUT2D eigenvalue weighted by molar-refractivity contribution is 5.88. The van der Waals surface area contributed by atoms with E-state index in [0.717, 1.165) is 39.0 Å². The SMILES string of the molecule is O=C(O)c1ccnc(-c2ccnc(N3CCC4(CCO4)CC3)n2)c1. The summed E-state index contributed by atoms with van der Waals surface area (Å²) in [6.45, 7) is 2.61. The molecule has 0 unspecified atom stereocenters. The van der Waals surface area contributed by atoms with Gasteiger partial charge in [0.1, 0.15) is 0 Å². The zero-order valence-corrected chi connectivity index (χ0v) is 13.2. The Morgan fingerprint density at radius 2 is 1.88 bits per heavy atom. The van der Waals surface area contributed by atoms with Crippen LogP contribution in [0.4, 0.5) is 5.95 Å². The van der Waals surface area contributed by atoms with E-state index in [1.165, 1.54) is 18.3 Å². The van der Waals surface area contributed by atoms with Crippen molar-refractivity contribution in [1.29, 1.82) is 0 Å². The number of rotatable bonds is 3. The van der Waals surface area contributed by atoms with E-state index >= 15 is 0 Å². The third-order valence-corrected chi connectivity index (χ3v) is 4.84. The molecule has 7 heteroatoms. The van der Waals surface area contributed by atoms with Crippen LogP contribution < -0.4 is 4.90 Å². The minimum atomic E-state index is -0.977. The molecule has 0 radical (unpaired) electrons. The van der Waals surface area contributed by atoms with Crippen LogP contribution in [-0.2, 0) is 4.74 Å². The van der Waals surface area contributed by atoms with Crippen molar-refractivity contribution in [1.82, 2.24) is 15.0 Å². The molecule has 2 aromatic rings. The van der Waals surface area contributed by atoms with Gasteiger partial charge in [0, 0.05) is 25.5 Å². The van der Waals surface area contributed by atoms with Crippen LogP contribution in [0.25, 0.3) is 11.4 Å². The standard InChI is InChI=1S/C17H18N4O3/c22-15(23)12-1-6-18-14(11-12)13-2-7-19-16(20-13)21-8-3-17(4-9-21)5-10-24-17/h1-2,6-7,11H,3-5,8-10H2,(H,22,23). The van der Waals surface area contributed by atoms with E-state index in [-0.39, 0.29) is 11.2 Å². The van der Waals surface area contributed by atoms with Gasteiger partial charge in [0.2, 0.25) is 5.95 Å². The van der Waals surface area contributed by atoms with E-state index in [1.54, 1.807) is 12.3 Å². The molecule has 2 aliphatic rings. The van der Waals surface area contributed by atoms with E-state index in [1.807, 2.05) is 0 Å². The van der Waals surface area contributed by atoms with Crippen LogP contribution in [-0.4, -0.2) is 51.3 Å². The molecule has 0 aromatic carbocycles. The quantitative estimate of drug-likeness (QED) is 0.922. The summed E-state index contributed by atoms with van der Waals surface area (Å²) in [7, 11) is 0. The van der Waals surface area contributed by atoms with Gasteiger partial charge in [-0.3, -0.25) is 4.98 Å². The summed E-state index contributed by atoms with van der Waals surface area (Å²) in [6.07, 6.45) is 6.31. The van der Waals surface area contributed by atoms with Gasteiger partial charge in [-0.25, -0.2) is 14.8 Å². The molecule has 2 fully saturated rings. The van der Waals surface area contributed by atoms with Crippen molar-refractivity contribution < 1.29 is 14.6 Å². The Bertz CT molecular complexity index is 766. The first kappa shape index (κ1) is 15.0. The van der Waals surface area contributed by atoms with E-state index in [4.69, 9.17) is 9.84 Å². The average molecular weight is 326 g/mol. The summed E-state index contributed by atoms with van der Waals surface area (Å²) in [4.78, 5) is 26.4. The first-order chi connectivity index (χ1) is 11.7. The van der Waals surface area contributed by atoms with Crippen LogP contribution >= 0.6 is 0 Å². The van der Waals surface area contributed by atoms with Crippen molar-refractivity contribution >= 4 is 11.9 Å². The highest BCUT2D eigenvalue weighted by Crippen LogP contribution is 2.37. The minimum Gasteiger partial charge on any atom is -0.478 e. The smallest absolute Gasteiger partial charge is 0.335 e. The second-order valence-corrected chi connectivity index (χ2v) is 6.25. The lowest BCUT2D eigenvalue weighted by atomic mass is 9.84. The van der Waals surface area contributed by atoms with Crippen LogP contribution in [0.1, 0.15) is 29.6 Å². The van der Waals surface area contributed by atoms with Crippen molar-refractivity contribution in [2.24, 2.45) is 0 Å². The molecule has 0 amide bonds. The predicted octanol–water partition coefficient (Wildman–Crippen LogP) is 2.00. The van der Waals surface area contributed by atoms with Gasteiger partial charge >= 0.3 is 5.97 Å². The number of hydrogen-bond acceptors (Lipinski definition) is 6. The number of ether oxygens (including phenoxy) is 1. The van der Waals surface area contributed by atoms with Gasteiger partial charge in [0.05, 0.1) is 29.2 Å². The van der Waals surface area contributed by atoms with Gasteiger partial charge in [-0.15, -0.1) is 0 Å². The van der Waals surface area contributed by atoms with Crippen molar-refractivity contribution in [2.75, 3.05) is 24.6 Å². The average Bonchev–Trinajstić information content (AvgIpc) is 2.61. The number of carbonyl (C=O) groups is 1. The first-order valence-corrected chi connectivity index (χ1v) is 8.07. The molecule has 2 aromatic heterocycles. The fraction of sp³-hybridized carbons (Fsp3) is 0.412. The molecule has 2 saturated heterocycles. The summed E-state index contributed by atoms with van der Waals surface area (Å²) in [5, 5.41) is 9.11. The summed E-state index contributed by atoms with van der Waals surface area (Å²) >= 11 is 0. The molecule has 4 rings (SSSR count). The molecule has 1 spiro atoms. The van der Waals surface area contributed by atoms with Gasteiger partial charge in [0.25, 0.3) is 0 Å². The summed E-state index contributed by atoms with van der Waals surface area (Å²) in [5.41, 5.74) is 1.45. The molecule has 7 nitrogen and oxygen atoms in total. The Morgan fingerprint density at radius 3 is 2.54 bits per heavy atom. The molecule has 2 aliphatic heterocycles. The first-order valence-electron chi connectivity index (χ1n) is 8.07. The molecular formula is C17H18N4O3. The van der Waals surface area contributed by atoms with E-state index in [0.29, 0.717) is 17.3 Å². The Morgan fingerprint density at radius 1 is 1.12 bits per heavy atom. The number of aromatic nitrogens is 3. The Hall–Kier alpha value is -2.54. The maximum absolute atomic E-state index is 11.1. The van der Waals surface area contributed by atoms with Crippen molar-refractivity contribution in [3.05, 3.63) is 36.2 Å². The predicted molar refractivity (Wildman–Crippen MR) is 87.0 cm³/mol. The molecule has 124 valence electrons. The number of carboxylic acid groups (broad SMARTS) is 1. The number of piperidine rings is 1. The molecular weight excluding hydrogens is 308 g/mol. The van der Waals surface area contributed by atoms with Crippen LogP contribution in [0.2, 0.25) is 0 Å². The molecule has 24 heavy (non-hydrogen) atoms. The number of anilines is 1. The van der Waals surface area contributed by atoms with Crippen LogP contribution in [0.3, 0.4) is 0 Å². The van der Waals surface area contributed by atoms with Gasteiger partial charge in [-0.2, -0.15) is 0 Å². The number of nitrogens with zero attached hydrogens (tertiary/aromatic N) is 4. The lowest BCUT2D eigenvalue weighted by Gasteiger charge is -2.47. The normalized spacial score (nSPS) is 19.1. The monoisotopic (exact) mass is 326 g/mol. The summed E-state index contributed by atoms with van der Waals surface area (Å²) in [5.74, 6) is -0.320. The van der Waals surface area contributed by atoms with Gasteiger partial charge in [-0.1, -0.05) is 0 Å². The Labute approximate surface area is 139 Å². The lowest BCUT2D eigenvalue weighted by Crippen LogP contribution is -2.52. The third-order valence-electron chi connectivity index (χ3n) is 4.84. The topological polar surface area (TPSA) is 88.4 Å². The zero-order chi connectivity index (χ0) is 16.6. The number of carboxylic acids is 1. The molecule has 4 heterocycles. The van der Waals surface area contributed by atoms with Gasteiger partial charge in [-0.05, 0) is 37.5 Å². The molecule has 0 bridgehead atoms. The molecule has 0 aliphatic carbocycles. The number of pyridine rings is 1. The van der Waals surface area contributed by atoms with Crippen molar-refractivity contribution in [3.63, 3.8) is 0 Å². The highest BCUT2D eigenvalue weighted by Gasteiger charge is 2.41. The zero-order valence-electron chi connectivity index (χ0n) is 13.2. The van der Waals surface area contributed by atoms with E-state index in [2.05, 4.69) is 19.9 Å². The second kappa shape index (κ2) is 5.83. The summed E-state index contributed by atoms with van der Waals surface area (Å²) < 4.78 is 5.74. The highest BCUT2D eigenvalue weighted by atomic mass is 16.5. The fourth-order valence-corrected chi connectivity index (χ4v) is 3.25. The Balaban J connectivity index is 1.55. The van der Waals surface area contributed by atoms with E-state index < -0.39 is 5.97 Å². The molecule has 0 atom stereocenters. The third kappa shape index (κ3) is 2.71.